The number of nitrogens with zero attached hydrogens (tertiary/aromatic N) is 1. The maximum Gasteiger partial charge on any atom is 0.273 e. The zero-order valence-electron chi connectivity index (χ0n) is 10.8. The van der Waals surface area contributed by atoms with Crippen LogP contribution in [-0.2, 0) is 6.54 Å². The molecule has 0 aliphatic carbocycles. The Kier molecular flexibility index (Phi) is 4.57. The number of methoxy groups -OCH3 is 1. The number of rotatable bonds is 5. The average Bonchev–Trinajstić information content (AvgIpc) is 2.45. The molecule has 2 aromatic carbocycles. The molecule has 0 saturated carbocycles. The van der Waals surface area contributed by atoms with E-state index in [0.717, 1.165) is 15.7 Å². The van der Waals surface area contributed by atoms with Gasteiger partial charge in [0.2, 0.25) is 0 Å². The molecule has 0 saturated heterocycles. The van der Waals surface area contributed by atoms with Crippen LogP contribution in [-0.4, -0.2) is 12.0 Å². The Labute approximate surface area is 124 Å². The number of nitro benzene ring substituents is 1. The SMILES string of the molecule is COc1cc([N+](=O)[O-])ccc1NCc1cccc(Br)c1. The van der Waals surface area contributed by atoms with Crippen molar-refractivity contribution in [3.05, 3.63) is 62.6 Å². The van der Waals surface area contributed by atoms with Gasteiger partial charge in [-0.3, -0.25) is 10.1 Å². The molecule has 0 atom stereocenters. The highest BCUT2D eigenvalue weighted by atomic mass is 79.9. The molecule has 104 valence electrons. The van der Waals surface area contributed by atoms with E-state index in [2.05, 4.69) is 21.2 Å². The number of nitrogens with one attached hydrogen (secondary N) is 1. The molecule has 2 aromatic rings. The molecule has 6 heteroatoms. The number of nitro groups is 1. The third kappa shape index (κ3) is 3.48. The first-order valence-electron chi connectivity index (χ1n) is 5.91. The van der Waals surface area contributed by atoms with Gasteiger partial charge in [-0.25, -0.2) is 0 Å². The van der Waals surface area contributed by atoms with Crippen molar-refractivity contribution >= 4 is 27.3 Å². The lowest BCUT2D eigenvalue weighted by Crippen LogP contribution is -2.02. The molecule has 0 unspecified atom stereocenters. The molecule has 0 heterocycles. The molecule has 0 aliphatic rings. The lowest BCUT2D eigenvalue weighted by Gasteiger charge is -2.11. The van der Waals surface area contributed by atoms with Crippen LogP contribution in [0.3, 0.4) is 0 Å². The van der Waals surface area contributed by atoms with E-state index in [1.165, 1.54) is 19.2 Å². The van der Waals surface area contributed by atoms with Crippen molar-refractivity contribution in [2.75, 3.05) is 12.4 Å². The quantitative estimate of drug-likeness (QED) is 0.662. The van der Waals surface area contributed by atoms with Crippen LogP contribution in [0.2, 0.25) is 0 Å². The molecule has 0 radical (unpaired) electrons. The van der Waals surface area contributed by atoms with Gasteiger partial charge in [-0.15, -0.1) is 0 Å². The van der Waals surface area contributed by atoms with Crippen molar-refractivity contribution in [2.24, 2.45) is 0 Å². The van der Waals surface area contributed by atoms with Gasteiger partial charge in [-0.05, 0) is 23.8 Å². The van der Waals surface area contributed by atoms with E-state index in [4.69, 9.17) is 4.74 Å². The summed E-state index contributed by atoms with van der Waals surface area (Å²) in [5.74, 6) is 0.453. The highest BCUT2D eigenvalue weighted by Crippen LogP contribution is 2.29. The van der Waals surface area contributed by atoms with Crippen LogP contribution in [0.5, 0.6) is 5.75 Å². The minimum absolute atomic E-state index is 0.00913. The van der Waals surface area contributed by atoms with Crippen molar-refractivity contribution in [3.63, 3.8) is 0 Å². The van der Waals surface area contributed by atoms with Gasteiger partial charge in [-0.1, -0.05) is 28.1 Å². The summed E-state index contributed by atoms with van der Waals surface area (Å²) in [6, 6.07) is 12.4. The van der Waals surface area contributed by atoms with Crippen molar-refractivity contribution in [2.45, 2.75) is 6.54 Å². The summed E-state index contributed by atoms with van der Waals surface area (Å²) in [5, 5.41) is 13.9. The summed E-state index contributed by atoms with van der Waals surface area (Å²) in [5.41, 5.74) is 1.83. The molecule has 0 spiro atoms. The molecule has 0 aromatic heterocycles. The molecule has 0 aliphatic heterocycles. The van der Waals surface area contributed by atoms with Gasteiger partial charge in [-0.2, -0.15) is 0 Å². The molecule has 0 fully saturated rings. The predicted octanol–water partition coefficient (Wildman–Crippen LogP) is 3.98. The second-order valence-corrected chi connectivity index (χ2v) is 5.04. The molecule has 5 nitrogen and oxygen atoms in total. The van der Waals surface area contributed by atoms with Crippen molar-refractivity contribution in [3.8, 4) is 5.75 Å². The Hall–Kier alpha value is -2.08. The highest BCUT2D eigenvalue weighted by molar-refractivity contribution is 9.10. The first-order valence-corrected chi connectivity index (χ1v) is 6.70. The summed E-state index contributed by atoms with van der Waals surface area (Å²) in [4.78, 5) is 10.3. The number of non-ortho nitro benzene ring substituents is 1. The zero-order chi connectivity index (χ0) is 14.5. The van der Waals surface area contributed by atoms with Crippen LogP contribution < -0.4 is 10.1 Å². The number of hydrogen-bond donors (Lipinski definition) is 1. The van der Waals surface area contributed by atoms with E-state index in [0.29, 0.717) is 12.3 Å². The zero-order valence-corrected chi connectivity index (χ0v) is 12.4. The first kappa shape index (κ1) is 14.3. The monoisotopic (exact) mass is 336 g/mol. The third-order valence-corrected chi connectivity index (χ3v) is 3.26. The topological polar surface area (TPSA) is 64.4 Å². The van der Waals surface area contributed by atoms with Gasteiger partial charge in [0.15, 0.2) is 0 Å². The maximum atomic E-state index is 10.7. The van der Waals surface area contributed by atoms with E-state index >= 15 is 0 Å². The lowest BCUT2D eigenvalue weighted by molar-refractivity contribution is -0.384. The molecule has 2 rings (SSSR count). The Morgan fingerprint density at radius 1 is 1.30 bits per heavy atom. The predicted molar refractivity (Wildman–Crippen MR) is 81.1 cm³/mol. The van der Waals surface area contributed by atoms with E-state index in [9.17, 15) is 10.1 Å². The highest BCUT2D eigenvalue weighted by Gasteiger charge is 2.11. The van der Waals surface area contributed by atoms with Crippen LogP contribution in [0, 0.1) is 10.1 Å². The number of benzene rings is 2. The van der Waals surface area contributed by atoms with Crippen LogP contribution in [0.25, 0.3) is 0 Å². The van der Waals surface area contributed by atoms with Crippen molar-refractivity contribution < 1.29 is 9.66 Å². The minimum atomic E-state index is -0.444. The van der Waals surface area contributed by atoms with Gasteiger partial charge < -0.3 is 10.1 Å². The molecule has 20 heavy (non-hydrogen) atoms. The van der Waals surface area contributed by atoms with E-state index < -0.39 is 4.92 Å². The molecule has 0 bridgehead atoms. The summed E-state index contributed by atoms with van der Waals surface area (Å²) >= 11 is 3.41. The standard InChI is InChI=1S/C14H13BrN2O3/c1-20-14-8-12(17(18)19)5-6-13(14)16-9-10-3-2-4-11(15)7-10/h2-8,16H,9H2,1H3. The normalized spacial score (nSPS) is 10.1. The lowest BCUT2D eigenvalue weighted by atomic mass is 10.2. The second-order valence-electron chi connectivity index (χ2n) is 4.13. The Morgan fingerprint density at radius 3 is 2.75 bits per heavy atom. The average molecular weight is 337 g/mol. The minimum Gasteiger partial charge on any atom is -0.494 e. The smallest absolute Gasteiger partial charge is 0.273 e. The fraction of sp³-hybridized carbons (Fsp3) is 0.143. The van der Waals surface area contributed by atoms with Crippen LogP contribution in [0.4, 0.5) is 11.4 Å². The van der Waals surface area contributed by atoms with Crippen molar-refractivity contribution in [1.29, 1.82) is 0 Å². The molecule has 0 amide bonds. The van der Waals surface area contributed by atoms with Crippen LogP contribution in [0.15, 0.2) is 46.9 Å². The van der Waals surface area contributed by atoms with Crippen LogP contribution >= 0.6 is 15.9 Å². The summed E-state index contributed by atoms with van der Waals surface area (Å²) in [6.07, 6.45) is 0. The largest absolute Gasteiger partial charge is 0.494 e. The Bertz CT molecular complexity index is 632. The molecular formula is C14H13BrN2O3. The number of hydrogen-bond acceptors (Lipinski definition) is 4. The number of ether oxygens (including phenoxy) is 1. The fourth-order valence-corrected chi connectivity index (χ4v) is 2.23. The van der Waals surface area contributed by atoms with Gasteiger partial charge in [0, 0.05) is 17.1 Å². The summed E-state index contributed by atoms with van der Waals surface area (Å²) < 4.78 is 6.18. The summed E-state index contributed by atoms with van der Waals surface area (Å²) in [7, 11) is 1.49. The van der Waals surface area contributed by atoms with Gasteiger partial charge in [0.05, 0.1) is 23.8 Å². The number of halogens is 1. The first-order chi connectivity index (χ1) is 9.60. The second kappa shape index (κ2) is 6.38. The maximum absolute atomic E-state index is 10.7. The van der Waals surface area contributed by atoms with E-state index in [1.54, 1.807) is 6.07 Å². The summed E-state index contributed by atoms with van der Waals surface area (Å²) in [6.45, 7) is 0.605. The van der Waals surface area contributed by atoms with E-state index in [1.807, 2.05) is 24.3 Å². The van der Waals surface area contributed by atoms with E-state index in [-0.39, 0.29) is 5.69 Å². The van der Waals surface area contributed by atoms with Gasteiger partial charge in [0.25, 0.3) is 5.69 Å². The van der Waals surface area contributed by atoms with Gasteiger partial charge in [0.1, 0.15) is 5.75 Å². The molecule has 1 N–H and O–H groups in total. The molecular weight excluding hydrogens is 324 g/mol. The Morgan fingerprint density at radius 2 is 2.10 bits per heavy atom. The van der Waals surface area contributed by atoms with Crippen LogP contribution in [0.1, 0.15) is 5.56 Å². The van der Waals surface area contributed by atoms with Crippen molar-refractivity contribution in [1.82, 2.24) is 0 Å². The fourth-order valence-electron chi connectivity index (χ4n) is 1.78. The number of anilines is 1. The third-order valence-electron chi connectivity index (χ3n) is 2.77. The Balaban J connectivity index is 2.15. The van der Waals surface area contributed by atoms with Gasteiger partial charge >= 0.3 is 0 Å².